The molecular weight excluding hydrogens is 248 g/mol. The minimum atomic E-state index is -0.985. The number of carboxylic acid groups (broad SMARTS) is 1. The largest absolute Gasteiger partial charge is 0.496 e. The lowest BCUT2D eigenvalue weighted by Gasteiger charge is -2.22. The van der Waals surface area contributed by atoms with Crippen LogP contribution in [0.4, 0.5) is 0 Å². The van der Waals surface area contributed by atoms with Gasteiger partial charge in [0, 0.05) is 17.6 Å². The highest BCUT2D eigenvalue weighted by atomic mass is 16.5. The van der Waals surface area contributed by atoms with Crippen molar-refractivity contribution in [1.82, 2.24) is 0 Å². The molecule has 6 heteroatoms. The molecule has 2 atom stereocenters. The van der Waals surface area contributed by atoms with Crippen molar-refractivity contribution < 1.29 is 19.4 Å². The fourth-order valence-electron chi connectivity index (χ4n) is 1.89. The van der Waals surface area contributed by atoms with Crippen molar-refractivity contribution in [2.75, 3.05) is 14.2 Å². The van der Waals surface area contributed by atoms with Crippen LogP contribution >= 0.6 is 0 Å². The van der Waals surface area contributed by atoms with Gasteiger partial charge in [0.2, 0.25) is 0 Å². The van der Waals surface area contributed by atoms with E-state index in [1.54, 1.807) is 19.2 Å². The summed E-state index contributed by atoms with van der Waals surface area (Å²) in [5, 5.41) is 8.76. The number of hydrogen-bond donors (Lipinski definition) is 3. The summed E-state index contributed by atoms with van der Waals surface area (Å²) in [6.07, 6.45) is -0.208. The number of ether oxygens (including phenoxy) is 2. The Labute approximate surface area is 112 Å². The van der Waals surface area contributed by atoms with Crippen LogP contribution in [0.25, 0.3) is 0 Å². The predicted molar refractivity (Wildman–Crippen MR) is 71.4 cm³/mol. The van der Waals surface area contributed by atoms with Gasteiger partial charge in [-0.15, -0.1) is 0 Å². The molecule has 0 saturated heterocycles. The first kappa shape index (κ1) is 15.3. The fourth-order valence-corrected chi connectivity index (χ4v) is 1.89. The molecule has 2 unspecified atom stereocenters. The maximum Gasteiger partial charge on any atom is 0.304 e. The summed E-state index contributed by atoms with van der Waals surface area (Å²) < 4.78 is 10.5. The minimum Gasteiger partial charge on any atom is -0.496 e. The number of rotatable bonds is 6. The number of carboxylic acids is 1. The second kappa shape index (κ2) is 6.40. The highest BCUT2D eigenvalue weighted by Gasteiger charge is 2.22. The van der Waals surface area contributed by atoms with Gasteiger partial charge in [0.05, 0.1) is 20.6 Å². The van der Waals surface area contributed by atoms with Crippen LogP contribution < -0.4 is 20.9 Å². The average molecular weight is 268 g/mol. The Balaban J connectivity index is 3.13. The van der Waals surface area contributed by atoms with E-state index < -0.39 is 18.1 Å². The third-order valence-electron chi connectivity index (χ3n) is 2.98. The molecule has 0 heterocycles. The molecule has 0 spiro atoms. The van der Waals surface area contributed by atoms with Crippen molar-refractivity contribution >= 4 is 5.97 Å². The van der Waals surface area contributed by atoms with E-state index in [-0.39, 0.29) is 6.42 Å². The quantitative estimate of drug-likeness (QED) is 0.704. The number of aliphatic carboxylic acids is 1. The molecule has 106 valence electrons. The summed E-state index contributed by atoms with van der Waals surface area (Å²) >= 11 is 0. The molecule has 1 rings (SSSR count). The first-order chi connectivity index (χ1) is 8.90. The summed E-state index contributed by atoms with van der Waals surface area (Å²) in [6.45, 7) is 1.88. The first-order valence-corrected chi connectivity index (χ1v) is 5.86. The van der Waals surface area contributed by atoms with Gasteiger partial charge in [0.25, 0.3) is 0 Å². The predicted octanol–water partition coefficient (Wildman–Crippen LogP) is 0.814. The summed E-state index contributed by atoms with van der Waals surface area (Å²) in [5.41, 5.74) is 13.4. The molecular formula is C13H20N2O4. The topological polar surface area (TPSA) is 108 Å². The maximum atomic E-state index is 10.7. The van der Waals surface area contributed by atoms with Gasteiger partial charge in [-0.05, 0) is 24.6 Å². The Hall–Kier alpha value is -1.79. The van der Waals surface area contributed by atoms with Crippen LogP contribution in [0.15, 0.2) is 12.1 Å². The molecule has 0 saturated carbocycles. The molecule has 0 aliphatic carbocycles. The summed E-state index contributed by atoms with van der Waals surface area (Å²) in [6, 6.07) is 2.20. The van der Waals surface area contributed by atoms with Gasteiger partial charge in [0.15, 0.2) is 0 Å². The van der Waals surface area contributed by atoms with Crippen LogP contribution in [0.1, 0.15) is 23.6 Å². The van der Waals surface area contributed by atoms with Gasteiger partial charge >= 0.3 is 5.97 Å². The first-order valence-electron chi connectivity index (χ1n) is 5.86. The SMILES string of the molecule is COc1cc(C(N)C(N)CC(=O)O)c(OC)cc1C. The maximum absolute atomic E-state index is 10.7. The molecule has 1 aromatic rings. The summed E-state index contributed by atoms with van der Waals surface area (Å²) in [4.78, 5) is 10.7. The van der Waals surface area contributed by atoms with Gasteiger partial charge in [0.1, 0.15) is 11.5 Å². The highest BCUT2D eigenvalue weighted by molar-refractivity contribution is 5.67. The zero-order valence-corrected chi connectivity index (χ0v) is 11.3. The Morgan fingerprint density at radius 3 is 2.32 bits per heavy atom. The Bertz CT molecular complexity index is 462. The number of aryl methyl sites for hydroxylation is 1. The van der Waals surface area contributed by atoms with E-state index in [2.05, 4.69) is 0 Å². The normalized spacial score (nSPS) is 13.7. The zero-order valence-electron chi connectivity index (χ0n) is 11.3. The third-order valence-corrected chi connectivity index (χ3v) is 2.98. The zero-order chi connectivity index (χ0) is 14.6. The van der Waals surface area contributed by atoms with E-state index in [0.717, 1.165) is 5.56 Å². The van der Waals surface area contributed by atoms with Gasteiger partial charge in [-0.2, -0.15) is 0 Å². The van der Waals surface area contributed by atoms with Crippen LogP contribution in [0.5, 0.6) is 11.5 Å². The van der Waals surface area contributed by atoms with E-state index >= 15 is 0 Å². The van der Waals surface area contributed by atoms with E-state index in [1.807, 2.05) is 6.92 Å². The smallest absolute Gasteiger partial charge is 0.304 e. The molecule has 1 aromatic carbocycles. The third kappa shape index (κ3) is 3.59. The van der Waals surface area contributed by atoms with Crippen molar-refractivity contribution in [2.24, 2.45) is 11.5 Å². The lowest BCUT2D eigenvalue weighted by Crippen LogP contribution is -2.36. The standard InChI is InChI=1S/C13H20N2O4/c1-7-4-11(19-3)8(5-10(7)18-2)13(15)9(14)6-12(16)17/h4-5,9,13H,6,14-15H2,1-3H3,(H,16,17). The van der Waals surface area contributed by atoms with E-state index in [0.29, 0.717) is 17.1 Å². The van der Waals surface area contributed by atoms with Crippen molar-refractivity contribution in [1.29, 1.82) is 0 Å². The molecule has 5 N–H and O–H groups in total. The second-order valence-electron chi connectivity index (χ2n) is 4.35. The molecule has 19 heavy (non-hydrogen) atoms. The molecule has 0 bridgehead atoms. The molecule has 0 aliphatic heterocycles. The Kier molecular flexibility index (Phi) is 5.14. The van der Waals surface area contributed by atoms with Crippen LogP contribution in [0, 0.1) is 6.92 Å². The molecule has 0 fully saturated rings. The summed E-state index contributed by atoms with van der Waals surface area (Å²) in [7, 11) is 3.08. The molecule has 0 aliphatic rings. The summed E-state index contributed by atoms with van der Waals surface area (Å²) in [5.74, 6) is 0.251. The van der Waals surface area contributed by atoms with Crippen LogP contribution in [0.3, 0.4) is 0 Å². The number of benzene rings is 1. The van der Waals surface area contributed by atoms with Crippen LogP contribution in [-0.2, 0) is 4.79 Å². The monoisotopic (exact) mass is 268 g/mol. The van der Waals surface area contributed by atoms with Crippen molar-refractivity contribution in [3.63, 3.8) is 0 Å². The van der Waals surface area contributed by atoms with Crippen molar-refractivity contribution in [3.05, 3.63) is 23.3 Å². The van der Waals surface area contributed by atoms with Crippen LogP contribution in [-0.4, -0.2) is 31.3 Å². The van der Waals surface area contributed by atoms with Gasteiger partial charge in [-0.25, -0.2) is 0 Å². The van der Waals surface area contributed by atoms with E-state index in [1.165, 1.54) is 7.11 Å². The Morgan fingerprint density at radius 1 is 1.26 bits per heavy atom. The number of methoxy groups -OCH3 is 2. The molecule has 0 amide bonds. The number of nitrogens with two attached hydrogens (primary N) is 2. The van der Waals surface area contributed by atoms with Crippen LogP contribution in [0.2, 0.25) is 0 Å². The lowest BCUT2D eigenvalue weighted by molar-refractivity contribution is -0.137. The van der Waals surface area contributed by atoms with Gasteiger partial charge < -0.3 is 26.0 Å². The molecule has 0 radical (unpaired) electrons. The minimum absolute atomic E-state index is 0.208. The highest BCUT2D eigenvalue weighted by Crippen LogP contribution is 2.32. The number of hydrogen-bond acceptors (Lipinski definition) is 5. The van der Waals surface area contributed by atoms with E-state index in [4.69, 9.17) is 26.0 Å². The average Bonchev–Trinajstić information content (AvgIpc) is 2.36. The van der Waals surface area contributed by atoms with Crippen molar-refractivity contribution in [2.45, 2.75) is 25.4 Å². The van der Waals surface area contributed by atoms with Gasteiger partial charge in [-0.1, -0.05) is 0 Å². The second-order valence-corrected chi connectivity index (χ2v) is 4.35. The Morgan fingerprint density at radius 2 is 1.84 bits per heavy atom. The molecule has 0 aromatic heterocycles. The molecule has 6 nitrogen and oxygen atoms in total. The van der Waals surface area contributed by atoms with Gasteiger partial charge in [-0.3, -0.25) is 4.79 Å². The fraction of sp³-hybridized carbons (Fsp3) is 0.462. The van der Waals surface area contributed by atoms with Crippen molar-refractivity contribution in [3.8, 4) is 11.5 Å². The lowest BCUT2D eigenvalue weighted by atomic mass is 9.96. The van der Waals surface area contributed by atoms with E-state index in [9.17, 15) is 4.79 Å². The number of carbonyl (C=O) groups is 1.